The van der Waals surface area contributed by atoms with E-state index in [2.05, 4.69) is 78.5 Å². The second kappa shape index (κ2) is 8.56. The first-order chi connectivity index (χ1) is 14.1. The number of piperazine rings is 1. The van der Waals surface area contributed by atoms with Crippen molar-refractivity contribution < 1.29 is 4.74 Å². The van der Waals surface area contributed by atoms with Crippen molar-refractivity contribution in [3.05, 3.63) is 53.6 Å². The quantitative estimate of drug-likeness (QED) is 0.826. The second-order valence-corrected chi connectivity index (χ2v) is 8.40. The van der Waals surface area contributed by atoms with Gasteiger partial charge in [-0.05, 0) is 49.2 Å². The van der Waals surface area contributed by atoms with Gasteiger partial charge < -0.3 is 15.0 Å². The summed E-state index contributed by atoms with van der Waals surface area (Å²) in [5, 5.41) is 3.62. The number of ether oxygens (including phenoxy) is 1. The zero-order valence-electron chi connectivity index (χ0n) is 18.0. The number of hydrogen-bond acceptors (Lipinski definition) is 5. The number of amidine groups is 1. The molecule has 2 heterocycles. The van der Waals surface area contributed by atoms with E-state index in [0.717, 1.165) is 55.6 Å². The summed E-state index contributed by atoms with van der Waals surface area (Å²) in [7, 11) is 4.00. The molecule has 29 heavy (non-hydrogen) atoms. The van der Waals surface area contributed by atoms with Crippen LogP contribution in [0, 0.1) is 0 Å². The molecule has 2 aliphatic rings. The molecule has 4 rings (SSSR count). The Labute approximate surface area is 174 Å². The van der Waals surface area contributed by atoms with E-state index in [1.807, 2.05) is 0 Å². The molecule has 2 aliphatic heterocycles. The van der Waals surface area contributed by atoms with Crippen LogP contribution in [0.15, 0.2) is 47.5 Å². The van der Waals surface area contributed by atoms with Gasteiger partial charge in [-0.15, -0.1) is 0 Å². The average molecular weight is 393 g/mol. The van der Waals surface area contributed by atoms with E-state index in [0.29, 0.717) is 12.0 Å². The van der Waals surface area contributed by atoms with Crippen LogP contribution in [-0.4, -0.2) is 62.1 Å². The van der Waals surface area contributed by atoms with Crippen molar-refractivity contribution >= 4 is 22.9 Å². The minimum absolute atomic E-state index is 0.467. The summed E-state index contributed by atoms with van der Waals surface area (Å²) in [6, 6.07) is 15.5. The Bertz CT molecular complexity index is 892. The molecule has 0 amide bonds. The summed E-state index contributed by atoms with van der Waals surface area (Å²) in [5.74, 6) is 1.56. The van der Waals surface area contributed by atoms with Crippen molar-refractivity contribution in [2.45, 2.75) is 32.2 Å². The lowest BCUT2D eigenvalue weighted by Gasteiger charge is -2.41. The first-order valence-electron chi connectivity index (χ1n) is 10.6. The Morgan fingerprint density at radius 3 is 2.76 bits per heavy atom. The van der Waals surface area contributed by atoms with Gasteiger partial charge in [-0.25, -0.2) is 4.99 Å². The van der Waals surface area contributed by atoms with Crippen molar-refractivity contribution in [3.63, 3.8) is 0 Å². The molecule has 0 bridgehead atoms. The molecule has 1 fully saturated rings. The number of hydrogen-bond donors (Lipinski definition) is 1. The predicted octanol–water partition coefficient (Wildman–Crippen LogP) is 4.60. The van der Waals surface area contributed by atoms with Gasteiger partial charge in [-0.1, -0.05) is 32.0 Å². The first kappa shape index (κ1) is 19.9. The highest BCUT2D eigenvalue weighted by atomic mass is 16.5. The van der Waals surface area contributed by atoms with Crippen molar-refractivity contribution in [2.24, 2.45) is 4.99 Å². The van der Waals surface area contributed by atoms with Crippen molar-refractivity contribution in [1.82, 2.24) is 9.80 Å². The van der Waals surface area contributed by atoms with Crippen LogP contribution in [0.1, 0.15) is 37.3 Å². The average Bonchev–Trinajstić information content (AvgIpc) is 2.89. The molecule has 0 radical (unpaired) electrons. The van der Waals surface area contributed by atoms with Crippen LogP contribution in [0.3, 0.4) is 0 Å². The van der Waals surface area contributed by atoms with Crippen LogP contribution in [0.5, 0.6) is 0 Å². The van der Waals surface area contributed by atoms with Crippen molar-refractivity contribution in [3.8, 4) is 0 Å². The van der Waals surface area contributed by atoms with Gasteiger partial charge in [0, 0.05) is 50.6 Å². The molecule has 0 aliphatic carbocycles. The minimum Gasteiger partial charge on any atom is -0.385 e. The second-order valence-electron chi connectivity index (χ2n) is 8.40. The van der Waals surface area contributed by atoms with E-state index in [-0.39, 0.29) is 0 Å². The van der Waals surface area contributed by atoms with E-state index in [4.69, 9.17) is 9.73 Å². The molecule has 0 saturated carbocycles. The molecule has 2 aromatic carbocycles. The largest absolute Gasteiger partial charge is 0.385 e. The number of methoxy groups -OCH3 is 1. The molecular weight excluding hydrogens is 360 g/mol. The van der Waals surface area contributed by atoms with Gasteiger partial charge >= 0.3 is 0 Å². The van der Waals surface area contributed by atoms with Crippen molar-refractivity contribution in [2.75, 3.05) is 45.7 Å². The van der Waals surface area contributed by atoms with Crippen LogP contribution in [0.2, 0.25) is 0 Å². The lowest BCUT2D eigenvalue weighted by atomic mass is 9.98. The molecule has 0 aromatic heterocycles. The topological polar surface area (TPSA) is 40.1 Å². The molecule has 1 atom stereocenters. The minimum atomic E-state index is 0.467. The summed E-state index contributed by atoms with van der Waals surface area (Å²) in [5.41, 5.74) is 5.73. The normalized spacial score (nSPS) is 19.3. The van der Waals surface area contributed by atoms with E-state index in [1.54, 1.807) is 7.11 Å². The van der Waals surface area contributed by atoms with Gasteiger partial charge in [0.15, 0.2) is 0 Å². The molecule has 5 nitrogen and oxygen atoms in total. The number of rotatable bonds is 4. The Balaban J connectivity index is 1.76. The number of nitrogens with zero attached hydrogens (tertiary/aromatic N) is 3. The highest BCUT2D eigenvalue weighted by Gasteiger charge is 2.29. The third-order valence-corrected chi connectivity index (χ3v) is 6.08. The number of likely N-dealkylation sites (N-methyl/N-ethyl adjacent to an activating group) is 1. The summed E-state index contributed by atoms with van der Waals surface area (Å²) in [6.07, 6.45) is 1.03. The molecule has 0 unspecified atom stereocenters. The van der Waals surface area contributed by atoms with Crippen molar-refractivity contribution in [1.29, 1.82) is 0 Å². The molecular formula is C24H32N4O. The van der Waals surface area contributed by atoms with Gasteiger partial charge in [0.2, 0.25) is 0 Å². The molecule has 5 heteroatoms. The fourth-order valence-corrected chi connectivity index (χ4v) is 4.16. The van der Waals surface area contributed by atoms with Crippen LogP contribution < -0.4 is 5.32 Å². The van der Waals surface area contributed by atoms with E-state index < -0.39 is 0 Å². The molecule has 1 saturated heterocycles. The molecule has 2 aromatic rings. The fraction of sp³-hybridized carbons (Fsp3) is 0.458. The van der Waals surface area contributed by atoms with E-state index in [1.165, 1.54) is 11.1 Å². The zero-order valence-corrected chi connectivity index (χ0v) is 18.0. The Morgan fingerprint density at radius 1 is 1.14 bits per heavy atom. The third-order valence-electron chi connectivity index (χ3n) is 6.08. The first-order valence-corrected chi connectivity index (χ1v) is 10.6. The van der Waals surface area contributed by atoms with Gasteiger partial charge in [0.05, 0.1) is 11.4 Å². The number of benzene rings is 2. The lowest BCUT2D eigenvalue weighted by Crippen LogP contribution is -2.53. The van der Waals surface area contributed by atoms with Gasteiger partial charge in [-0.3, -0.25) is 4.90 Å². The maximum absolute atomic E-state index is 5.35. The van der Waals surface area contributed by atoms with Gasteiger partial charge in [0.25, 0.3) is 0 Å². The number of anilines is 2. The van der Waals surface area contributed by atoms with Crippen LogP contribution >= 0.6 is 0 Å². The maximum atomic E-state index is 5.35. The maximum Gasteiger partial charge on any atom is 0.138 e. The molecule has 154 valence electrons. The van der Waals surface area contributed by atoms with Crippen LogP contribution in [0.25, 0.3) is 0 Å². The summed E-state index contributed by atoms with van der Waals surface area (Å²) < 4.78 is 5.35. The number of nitrogens with one attached hydrogen (secondary N) is 1. The molecule has 1 N–H and O–H groups in total. The summed E-state index contributed by atoms with van der Waals surface area (Å²) >= 11 is 0. The van der Waals surface area contributed by atoms with Crippen LogP contribution in [-0.2, 0) is 4.74 Å². The Kier molecular flexibility index (Phi) is 5.88. The van der Waals surface area contributed by atoms with E-state index in [9.17, 15) is 0 Å². The number of fused-ring (bicyclic) bond motifs is 2. The zero-order chi connectivity index (χ0) is 20.4. The monoisotopic (exact) mass is 392 g/mol. The molecule has 0 spiro atoms. The Hall–Kier alpha value is -2.37. The fourth-order valence-electron chi connectivity index (χ4n) is 4.16. The van der Waals surface area contributed by atoms with Gasteiger partial charge in [0.1, 0.15) is 5.84 Å². The summed E-state index contributed by atoms with van der Waals surface area (Å²) in [4.78, 5) is 10.1. The SMILES string of the molecule is COCC[C@H]1CN(C2=Nc3ccccc3Nc3ccc(C(C)C)cc32)CCN1C. The highest BCUT2D eigenvalue weighted by molar-refractivity contribution is 6.08. The third kappa shape index (κ3) is 4.16. The predicted molar refractivity (Wildman–Crippen MR) is 121 cm³/mol. The smallest absolute Gasteiger partial charge is 0.138 e. The summed E-state index contributed by atoms with van der Waals surface area (Å²) in [6.45, 7) is 8.25. The standard InChI is InChI=1S/C24H32N4O/c1-17(2)18-9-10-21-20(15-18)24(26-23-8-6-5-7-22(23)25-21)28-13-12-27(3)19(16-28)11-14-29-4/h5-10,15,17,19,25H,11-14,16H2,1-4H3/t19-/m0/s1. The van der Waals surface area contributed by atoms with Crippen LogP contribution in [0.4, 0.5) is 17.1 Å². The Morgan fingerprint density at radius 2 is 1.97 bits per heavy atom. The van der Waals surface area contributed by atoms with Gasteiger partial charge in [-0.2, -0.15) is 0 Å². The number of para-hydroxylation sites is 2. The lowest BCUT2D eigenvalue weighted by molar-refractivity contribution is 0.100. The van der Waals surface area contributed by atoms with E-state index >= 15 is 0 Å². The highest BCUT2D eigenvalue weighted by Crippen LogP contribution is 2.36. The number of aliphatic imine (C=N–C) groups is 1.